The van der Waals surface area contributed by atoms with Crippen LogP contribution in [0, 0.1) is 0 Å². The number of carbonyl (C=O) groups is 4. The Labute approximate surface area is 190 Å². The quantitative estimate of drug-likeness (QED) is 0.422. The minimum atomic E-state index is -5.61. The molecule has 13 nitrogen and oxygen atoms in total. The van der Waals surface area contributed by atoms with Crippen molar-refractivity contribution in [2.45, 2.75) is 37.1 Å². The lowest BCUT2D eigenvalue weighted by molar-refractivity contribution is -0.191. The summed E-state index contributed by atoms with van der Waals surface area (Å²) in [5.41, 5.74) is 10.5. The molecule has 1 unspecified atom stereocenters. The first-order valence-corrected chi connectivity index (χ1v) is 10.9. The molecule has 3 atom stereocenters. The highest BCUT2D eigenvalue weighted by atomic mass is 32.3. The van der Waals surface area contributed by atoms with Gasteiger partial charge in [0.2, 0.25) is 0 Å². The fourth-order valence-corrected chi connectivity index (χ4v) is 4.04. The van der Waals surface area contributed by atoms with Crippen molar-refractivity contribution in [2.75, 3.05) is 6.54 Å². The Morgan fingerprint density at radius 2 is 1.76 bits per heavy atom. The minimum absolute atomic E-state index is 0.00506. The number of benzene rings is 1. The van der Waals surface area contributed by atoms with E-state index in [4.69, 9.17) is 5.73 Å². The third-order valence-electron chi connectivity index (χ3n) is 4.96. The molecule has 0 radical (unpaired) electrons. The number of nitrogens with one attached hydrogen (secondary N) is 2. The standard InChI is InChI=1S/C17H18F3N5O8S/c18-17(19,20)15(28)32-34(30,31)33-25-10-6-7-11(24(8-10)16(25)29)13(26)22-23-14(27)12(21)9-4-2-1-3-5-9/h1-5,10-12H,6-8,21H2,(H,22,26)(H,23,27)/t10-,11+,12?/m1/s1. The van der Waals surface area contributed by atoms with Gasteiger partial charge in [0.05, 0.1) is 6.04 Å². The Bertz CT molecular complexity index is 1080. The number of halogens is 3. The summed E-state index contributed by atoms with van der Waals surface area (Å²) < 4.78 is 67.5. The molecule has 34 heavy (non-hydrogen) atoms. The smallest absolute Gasteiger partial charge is 0.316 e. The topological polar surface area (TPSA) is 177 Å². The fraction of sp³-hybridized carbons (Fsp3) is 0.412. The third kappa shape index (κ3) is 5.54. The van der Waals surface area contributed by atoms with Crippen LogP contribution in [0.15, 0.2) is 30.3 Å². The number of hydroxylamine groups is 2. The van der Waals surface area contributed by atoms with E-state index in [0.29, 0.717) is 5.56 Å². The zero-order valence-corrected chi connectivity index (χ0v) is 17.8. The highest BCUT2D eigenvalue weighted by Gasteiger charge is 2.51. The van der Waals surface area contributed by atoms with E-state index in [1.807, 2.05) is 0 Å². The average Bonchev–Trinajstić information content (AvgIpc) is 3.00. The second-order valence-corrected chi connectivity index (χ2v) is 8.36. The number of piperidine rings is 1. The Balaban J connectivity index is 1.58. The maximum Gasteiger partial charge on any atom is 0.492 e. The highest BCUT2D eigenvalue weighted by Crippen LogP contribution is 2.31. The number of hydrogen-bond donors (Lipinski definition) is 3. The van der Waals surface area contributed by atoms with E-state index < -0.39 is 58.5 Å². The van der Waals surface area contributed by atoms with Crippen LogP contribution in [0.25, 0.3) is 0 Å². The largest absolute Gasteiger partial charge is 0.492 e. The van der Waals surface area contributed by atoms with Gasteiger partial charge in [-0.05, 0) is 18.4 Å². The minimum Gasteiger partial charge on any atom is -0.316 e. The Kier molecular flexibility index (Phi) is 6.99. The van der Waals surface area contributed by atoms with Crippen LogP contribution < -0.4 is 16.6 Å². The van der Waals surface area contributed by atoms with E-state index >= 15 is 0 Å². The molecule has 4 amide bonds. The Hall–Kier alpha value is -3.44. The summed E-state index contributed by atoms with van der Waals surface area (Å²) >= 11 is 0. The van der Waals surface area contributed by atoms with E-state index in [0.717, 1.165) is 4.90 Å². The van der Waals surface area contributed by atoms with E-state index in [1.165, 1.54) is 0 Å². The summed E-state index contributed by atoms with van der Waals surface area (Å²) in [6.07, 6.45) is -5.59. The Morgan fingerprint density at radius 1 is 1.12 bits per heavy atom. The lowest BCUT2D eigenvalue weighted by atomic mass is 10.0. The van der Waals surface area contributed by atoms with Crippen LogP contribution in [-0.2, 0) is 33.2 Å². The molecule has 2 aliphatic heterocycles. The number of nitrogens with zero attached hydrogens (tertiary/aromatic N) is 2. The monoisotopic (exact) mass is 509 g/mol. The number of fused-ring (bicyclic) bond motifs is 2. The van der Waals surface area contributed by atoms with E-state index in [1.54, 1.807) is 30.3 Å². The van der Waals surface area contributed by atoms with Gasteiger partial charge in [0.1, 0.15) is 12.1 Å². The molecule has 1 aromatic carbocycles. The van der Waals surface area contributed by atoms with E-state index in [9.17, 15) is 40.8 Å². The van der Waals surface area contributed by atoms with Gasteiger partial charge >= 0.3 is 28.6 Å². The van der Waals surface area contributed by atoms with E-state index in [2.05, 4.69) is 19.3 Å². The van der Waals surface area contributed by atoms with Crippen LogP contribution in [0.3, 0.4) is 0 Å². The van der Waals surface area contributed by atoms with Crippen molar-refractivity contribution in [3.8, 4) is 0 Å². The molecular weight excluding hydrogens is 491 g/mol. The molecule has 0 spiro atoms. The lowest BCUT2D eigenvalue weighted by Crippen LogP contribution is -2.55. The number of hydrogen-bond acceptors (Lipinski definition) is 9. The van der Waals surface area contributed by atoms with Gasteiger partial charge in [-0.25, -0.2) is 9.59 Å². The SMILES string of the molecule is NC(C(=O)NNC(=O)[C@@H]1CC[C@@H]2CN1C(=O)N2OS(=O)(=O)OC(=O)C(F)(F)F)c1ccccc1. The van der Waals surface area contributed by atoms with Crippen LogP contribution in [0.2, 0.25) is 0 Å². The third-order valence-corrected chi connectivity index (χ3v) is 5.66. The number of hydrazine groups is 1. The molecule has 0 aromatic heterocycles. The summed E-state index contributed by atoms with van der Waals surface area (Å²) in [4.78, 5) is 48.8. The van der Waals surface area contributed by atoms with E-state index in [-0.39, 0.29) is 24.4 Å². The van der Waals surface area contributed by atoms with Crippen LogP contribution in [0.1, 0.15) is 24.4 Å². The molecule has 17 heteroatoms. The molecule has 2 saturated heterocycles. The second-order valence-electron chi connectivity index (χ2n) is 7.23. The van der Waals surface area contributed by atoms with Crippen LogP contribution in [-0.4, -0.2) is 67.0 Å². The van der Waals surface area contributed by atoms with Gasteiger partial charge in [0, 0.05) is 6.54 Å². The predicted octanol–water partition coefficient (Wildman–Crippen LogP) is -0.616. The molecule has 2 fully saturated rings. The van der Waals surface area contributed by atoms with Crippen molar-refractivity contribution in [3.05, 3.63) is 35.9 Å². The predicted molar refractivity (Wildman–Crippen MR) is 103 cm³/mol. The Morgan fingerprint density at radius 3 is 2.38 bits per heavy atom. The molecule has 0 aliphatic carbocycles. The number of nitrogens with two attached hydrogens (primary N) is 1. The summed E-state index contributed by atoms with van der Waals surface area (Å²) in [6, 6.07) is 3.88. The van der Waals surface area contributed by atoms with Crippen molar-refractivity contribution < 1.29 is 49.2 Å². The molecular formula is C17H18F3N5O8S. The van der Waals surface area contributed by atoms with Gasteiger partial charge in [-0.15, -0.1) is 4.28 Å². The molecule has 4 N–H and O–H groups in total. The maximum atomic E-state index is 12.5. The van der Waals surface area contributed by atoms with Crippen LogP contribution in [0.4, 0.5) is 18.0 Å². The lowest BCUT2D eigenvalue weighted by Gasteiger charge is -2.29. The summed E-state index contributed by atoms with van der Waals surface area (Å²) in [7, 11) is -5.58. The number of urea groups is 1. The summed E-state index contributed by atoms with van der Waals surface area (Å²) in [5.74, 6) is -4.62. The van der Waals surface area contributed by atoms with Crippen molar-refractivity contribution in [3.63, 3.8) is 0 Å². The number of alkyl halides is 3. The van der Waals surface area contributed by atoms with Gasteiger partial charge < -0.3 is 14.8 Å². The average molecular weight is 509 g/mol. The first-order chi connectivity index (χ1) is 15.8. The molecule has 1 aromatic rings. The zero-order chi connectivity index (χ0) is 25.3. The second kappa shape index (κ2) is 9.43. The van der Waals surface area contributed by atoms with Gasteiger partial charge in [0.15, 0.2) is 0 Å². The zero-order valence-electron chi connectivity index (χ0n) is 17.0. The van der Waals surface area contributed by atoms with Gasteiger partial charge in [-0.1, -0.05) is 30.3 Å². The number of carbonyl (C=O) groups excluding carboxylic acids is 4. The van der Waals surface area contributed by atoms with Crippen molar-refractivity contribution in [1.82, 2.24) is 20.8 Å². The van der Waals surface area contributed by atoms with Gasteiger partial charge in [-0.3, -0.25) is 20.4 Å². The van der Waals surface area contributed by atoms with Crippen LogP contribution in [0.5, 0.6) is 0 Å². The molecule has 0 saturated carbocycles. The van der Waals surface area contributed by atoms with Crippen LogP contribution >= 0.6 is 0 Å². The first-order valence-electron chi connectivity index (χ1n) is 9.55. The van der Waals surface area contributed by atoms with Gasteiger partial charge in [0.25, 0.3) is 11.8 Å². The maximum absolute atomic E-state index is 12.5. The number of rotatable bonds is 6. The normalized spacial score (nSPS) is 21.1. The first kappa shape index (κ1) is 25.2. The van der Waals surface area contributed by atoms with Crippen molar-refractivity contribution in [1.29, 1.82) is 0 Å². The number of amides is 4. The summed E-state index contributed by atoms with van der Waals surface area (Å²) in [5, 5.41) is 0.218. The van der Waals surface area contributed by atoms with Crippen molar-refractivity contribution >= 4 is 34.2 Å². The van der Waals surface area contributed by atoms with Gasteiger partial charge in [-0.2, -0.15) is 26.7 Å². The summed E-state index contributed by atoms with van der Waals surface area (Å²) in [6.45, 7) is -0.211. The van der Waals surface area contributed by atoms with Crippen molar-refractivity contribution in [2.24, 2.45) is 5.73 Å². The molecule has 186 valence electrons. The molecule has 2 aliphatic rings. The molecule has 2 heterocycles. The molecule has 3 rings (SSSR count). The fourth-order valence-electron chi connectivity index (χ4n) is 3.35. The molecule has 2 bridgehead atoms. The highest BCUT2D eigenvalue weighted by molar-refractivity contribution is 7.82.